The van der Waals surface area contributed by atoms with Crippen molar-refractivity contribution in [2.24, 2.45) is 28.6 Å². The molecule has 2 rings (SSSR count). The summed E-state index contributed by atoms with van der Waals surface area (Å²) in [5.74, 6) is 2.01. The van der Waals surface area contributed by atoms with Gasteiger partial charge in [-0.15, -0.1) is 0 Å². The van der Waals surface area contributed by atoms with Crippen molar-refractivity contribution in [2.75, 3.05) is 0 Å². The molecule has 1 atom stereocenters. The Labute approximate surface area is 166 Å². The molecule has 2 aliphatic rings. The van der Waals surface area contributed by atoms with Gasteiger partial charge in [-0.1, -0.05) is 54.4 Å². The predicted molar refractivity (Wildman–Crippen MR) is 109 cm³/mol. The minimum Gasteiger partial charge on any atom is -0.299 e. The van der Waals surface area contributed by atoms with Crippen LogP contribution in [0.3, 0.4) is 0 Å². The van der Waals surface area contributed by atoms with E-state index in [1.165, 1.54) is 19.8 Å². The molecule has 0 N–H and O–H groups in total. The minimum absolute atomic E-state index is 0.0216. The van der Waals surface area contributed by atoms with Crippen LogP contribution < -0.4 is 0 Å². The van der Waals surface area contributed by atoms with Crippen LogP contribution in [0.25, 0.3) is 0 Å². The molecule has 0 bridgehead atoms. The average Bonchev–Trinajstić information content (AvgIpc) is 3.43. The third-order valence-corrected chi connectivity index (χ3v) is 4.91. The monoisotopic (exact) mass is 374 g/mol. The maximum atomic E-state index is 11.6. The molecule has 0 heterocycles. The predicted octanol–water partition coefficient (Wildman–Crippen LogP) is 5.86. The second kappa shape index (κ2) is 11.2. The van der Waals surface area contributed by atoms with Crippen LogP contribution in [-0.2, 0) is 9.59 Å². The zero-order valence-electron chi connectivity index (χ0n) is 18.4. The quantitative estimate of drug-likeness (QED) is 0.582. The first kappa shape index (κ1) is 25.3. The second-order valence-electron chi connectivity index (χ2n) is 9.83. The van der Waals surface area contributed by atoms with Crippen molar-refractivity contribution < 1.29 is 9.59 Å². The van der Waals surface area contributed by atoms with Gasteiger partial charge in [0.1, 0.15) is 11.6 Å². The van der Waals surface area contributed by atoms with Crippen molar-refractivity contribution in [3.63, 3.8) is 0 Å². The molecule has 0 aromatic rings. The van der Waals surface area contributed by atoms with Crippen LogP contribution in [0, 0.1) is 51.2 Å². The van der Waals surface area contributed by atoms with Crippen molar-refractivity contribution in [1.29, 1.82) is 10.5 Å². The lowest BCUT2D eigenvalue weighted by Crippen LogP contribution is -2.23. The lowest BCUT2D eigenvalue weighted by Gasteiger charge is -2.18. The molecular weight excluding hydrogens is 336 g/mol. The highest BCUT2D eigenvalue weighted by molar-refractivity contribution is 5.84. The summed E-state index contributed by atoms with van der Waals surface area (Å²) < 4.78 is 0. The van der Waals surface area contributed by atoms with Gasteiger partial charge in [0.05, 0.1) is 18.1 Å². The van der Waals surface area contributed by atoms with Gasteiger partial charge in [-0.2, -0.15) is 10.5 Å². The first-order chi connectivity index (χ1) is 12.4. The average molecular weight is 375 g/mol. The largest absolute Gasteiger partial charge is 0.299 e. The molecule has 2 fully saturated rings. The molecule has 0 aliphatic heterocycles. The fourth-order valence-corrected chi connectivity index (χ4v) is 2.44. The maximum Gasteiger partial charge on any atom is 0.139 e. The Morgan fingerprint density at radius 3 is 1.67 bits per heavy atom. The van der Waals surface area contributed by atoms with Crippen LogP contribution in [0.4, 0.5) is 0 Å². The van der Waals surface area contributed by atoms with E-state index in [1.54, 1.807) is 6.07 Å². The van der Waals surface area contributed by atoms with Gasteiger partial charge in [-0.3, -0.25) is 9.59 Å². The normalized spacial score (nSPS) is 17.1. The molecule has 1 unspecified atom stereocenters. The molecule has 0 saturated heterocycles. The molecule has 27 heavy (non-hydrogen) atoms. The van der Waals surface area contributed by atoms with Gasteiger partial charge in [-0.25, -0.2) is 0 Å². The molecule has 0 spiro atoms. The fraction of sp³-hybridized carbons (Fsp3) is 0.826. The number of nitrogens with zero attached hydrogens (tertiary/aromatic N) is 2. The van der Waals surface area contributed by atoms with Crippen molar-refractivity contribution in [3.05, 3.63) is 0 Å². The van der Waals surface area contributed by atoms with E-state index in [0.29, 0.717) is 18.1 Å². The van der Waals surface area contributed by atoms with Gasteiger partial charge in [-0.05, 0) is 31.1 Å². The third-order valence-electron chi connectivity index (χ3n) is 4.91. The number of hydrogen-bond donors (Lipinski definition) is 0. The highest BCUT2D eigenvalue weighted by atomic mass is 16.1. The molecule has 0 aromatic heterocycles. The zero-order chi connectivity index (χ0) is 21.3. The number of Topliss-reactive ketones (excluding diaryl/α,β-unsaturated/α-hetero) is 2. The number of carbonyl (C=O) groups excluding carboxylic acids is 2. The van der Waals surface area contributed by atoms with E-state index in [1.807, 2.05) is 41.5 Å². The van der Waals surface area contributed by atoms with Crippen molar-refractivity contribution in [1.82, 2.24) is 0 Å². The summed E-state index contributed by atoms with van der Waals surface area (Å²) in [7, 11) is 0. The van der Waals surface area contributed by atoms with Gasteiger partial charge in [0.15, 0.2) is 0 Å². The van der Waals surface area contributed by atoms with Crippen LogP contribution >= 0.6 is 0 Å². The molecule has 4 heteroatoms. The molecule has 2 saturated carbocycles. The molecule has 0 amide bonds. The summed E-state index contributed by atoms with van der Waals surface area (Å²) in [5, 5.41) is 16.2. The first-order valence-corrected chi connectivity index (χ1v) is 10.1. The van der Waals surface area contributed by atoms with Crippen molar-refractivity contribution in [2.45, 2.75) is 93.4 Å². The molecule has 2 aliphatic carbocycles. The molecule has 4 nitrogen and oxygen atoms in total. The summed E-state index contributed by atoms with van der Waals surface area (Å²) >= 11 is 0. The Balaban J connectivity index is 0.000000442. The van der Waals surface area contributed by atoms with Gasteiger partial charge < -0.3 is 0 Å². The third kappa shape index (κ3) is 12.4. The van der Waals surface area contributed by atoms with Crippen molar-refractivity contribution in [3.8, 4) is 12.1 Å². The number of nitriles is 2. The molecular formula is C23H38N2O2. The zero-order valence-corrected chi connectivity index (χ0v) is 18.4. The van der Waals surface area contributed by atoms with Crippen LogP contribution in [0.2, 0.25) is 0 Å². The topological polar surface area (TPSA) is 81.7 Å². The number of rotatable bonds is 6. The lowest BCUT2D eigenvalue weighted by atomic mass is 9.84. The van der Waals surface area contributed by atoms with Crippen LogP contribution in [0.5, 0.6) is 0 Å². The Morgan fingerprint density at radius 2 is 1.37 bits per heavy atom. The smallest absolute Gasteiger partial charge is 0.139 e. The van der Waals surface area contributed by atoms with E-state index in [0.717, 1.165) is 31.6 Å². The van der Waals surface area contributed by atoms with Crippen LogP contribution in [0.15, 0.2) is 0 Å². The number of hydrogen-bond acceptors (Lipinski definition) is 4. The Bertz CT molecular complexity index is 559. The fourth-order valence-electron chi connectivity index (χ4n) is 2.44. The summed E-state index contributed by atoms with van der Waals surface area (Å²) in [6.07, 6.45) is 7.37. The van der Waals surface area contributed by atoms with Gasteiger partial charge >= 0.3 is 0 Å². The number of carbonyl (C=O) groups is 2. The van der Waals surface area contributed by atoms with Gasteiger partial charge in [0.2, 0.25) is 0 Å². The Kier molecular flexibility index (Phi) is 10.5. The highest BCUT2D eigenvalue weighted by Gasteiger charge is 2.35. The van der Waals surface area contributed by atoms with Gasteiger partial charge in [0, 0.05) is 30.6 Å². The summed E-state index contributed by atoms with van der Waals surface area (Å²) in [4.78, 5) is 23.0. The minimum atomic E-state index is -0.288. The summed E-state index contributed by atoms with van der Waals surface area (Å²) in [6.45, 7) is 13.2. The Hall–Kier alpha value is -1.68. The van der Waals surface area contributed by atoms with E-state index in [4.69, 9.17) is 10.5 Å². The Morgan fingerprint density at radius 1 is 0.926 bits per heavy atom. The van der Waals surface area contributed by atoms with E-state index in [-0.39, 0.29) is 22.5 Å². The molecule has 0 aromatic carbocycles. The molecule has 152 valence electrons. The van der Waals surface area contributed by atoms with E-state index < -0.39 is 0 Å². The van der Waals surface area contributed by atoms with Crippen molar-refractivity contribution >= 4 is 11.6 Å². The molecule has 0 radical (unpaired) electrons. The summed E-state index contributed by atoms with van der Waals surface area (Å²) in [6, 6.07) is 4.00. The maximum absolute atomic E-state index is 11.6. The number of ketones is 2. The second-order valence-corrected chi connectivity index (χ2v) is 9.83. The van der Waals surface area contributed by atoms with E-state index >= 15 is 0 Å². The SMILES string of the molecule is CC#N.CC(C)(C)C(=O)CC(C#N)C1CC1.CC(C)(C)C(=O)CCC1CC1. The standard InChI is InChI=1S/C11H17NO.C10H18O.C2H3N/c1-11(2,3)10(13)6-9(7-12)8-4-5-8;1-10(2,3)9(11)7-6-8-4-5-8;1-2-3/h8-9H,4-6H2,1-3H3;8H,4-7H2,1-3H3;1H3. The lowest BCUT2D eigenvalue weighted by molar-refractivity contribution is -0.127. The van der Waals surface area contributed by atoms with Gasteiger partial charge in [0.25, 0.3) is 0 Å². The van der Waals surface area contributed by atoms with Crippen LogP contribution in [-0.4, -0.2) is 11.6 Å². The van der Waals surface area contributed by atoms with E-state index in [2.05, 4.69) is 6.07 Å². The first-order valence-electron chi connectivity index (χ1n) is 10.1. The van der Waals surface area contributed by atoms with Crippen LogP contribution in [0.1, 0.15) is 93.4 Å². The highest BCUT2D eigenvalue weighted by Crippen LogP contribution is 2.39. The summed E-state index contributed by atoms with van der Waals surface area (Å²) in [5.41, 5.74) is -0.404. The van der Waals surface area contributed by atoms with E-state index in [9.17, 15) is 9.59 Å².